The van der Waals surface area contributed by atoms with Crippen molar-refractivity contribution in [3.8, 4) is 11.3 Å². The van der Waals surface area contributed by atoms with Gasteiger partial charge in [-0.3, -0.25) is 14.8 Å². The molecular weight excluding hydrogens is 414 g/mol. The van der Waals surface area contributed by atoms with Crippen LogP contribution in [0.25, 0.3) is 11.3 Å². The van der Waals surface area contributed by atoms with Crippen molar-refractivity contribution in [3.63, 3.8) is 0 Å². The standard InChI is InChI=1S/C25H31N7O/c1-15-7-23(33)32(14-15)22-9-18(24-19-5-6-25(3,4)10-20(19)30-31-24)8-21(29-22)28-13-17-11-26-16(2)27-12-17/h8-9,11-12,15H,5-7,10,13-14H2,1-4H3,(H,28,29)(H,30,31). The molecule has 172 valence electrons. The zero-order valence-electron chi connectivity index (χ0n) is 19.8. The van der Waals surface area contributed by atoms with Crippen LogP contribution in [0.2, 0.25) is 0 Å². The molecule has 1 amide bonds. The minimum atomic E-state index is 0.121. The summed E-state index contributed by atoms with van der Waals surface area (Å²) < 4.78 is 0. The number of carbonyl (C=O) groups is 1. The summed E-state index contributed by atoms with van der Waals surface area (Å²) in [7, 11) is 0. The third kappa shape index (κ3) is 4.47. The first kappa shape index (κ1) is 21.6. The molecule has 0 spiro atoms. The second kappa shape index (κ2) is 8.24. The van der Waals surface area contributed by atoms with Gasteiger partial charge in [-0.15, -0.1) is 0 Å². The minimum Gasteiger partial charge on any atom is -0.366 e. The number of amides is 1. The van der Waals surface area contributed by atoms with E-state index in [0.29, 0.717) is 37.1 Å². The Morgan fingerprint density at radius 3 is 2.76 bits per heavy atom. The van der Waals surface area contributed by atoms with Gasteiger partial charge in [-0.05, 0) is 49.7 Å². The molecule has 5 rings (SSSR count). The van der Waals surface area contributed by atoms with Gasteiger partial charge < -0.3 is 5.32 Å². The second-order valence-corrected chi connectivity index (χ2v) is 10.3. The SMILES string of the molecule is Cc1ncc(CNc2cc(-c3n[nH]c4c3CCC(C)(C)C4)cc(N3CC(C)CC3=O)n2)cn1. The van der Waals surface area contributed by atoms with E-state index < -0.39 is 0 Å². The number of nitrogens with one attached hydrogen (secondary N) is 2. The average molecular weight is 446 g/mol. The molecule has 0 radical (unpaired) electrons. The van der Waals surface area contributed by atoms with Crippen molar-refractivity contribution in [2.24, 2.45) is 11.3 Å². The van der Waals surface area contributed by atoms with Crippen LogP contribution < -0.4 is 10.2 Å². The molecule has 0 saturated carbocycles. The van der Waals surface area contributed by atoms with E-state index in [1.165, 1.54) is 11.3 Å². The molecule has 1 aliphatic heterocycles. The predicted molar refractivity (Wildman–Crippen MR) is 128 cm³/mol. The average Bonchev–Trinajstić information content (AvgIpc) is 3.34. The number of hydrogen-bond acceptors (Lipinski definition) is 6. The van der Waals surface area contributed by atoms with Gasteiger partial charge in [0.25, 0.3) is 0 Å². The van der Waals surface area contributed by atoms with E-state index in [0.717, 1.165) is 41.9 Å². The van der Waals surface area contributed by atoms with Crippen LogP contribution in [-0.4, -0.2) is 37.6 Å². The molecule has 1 atom stereocenters. The molecule has 0 aromatic carbocycles. The van der Waals surface area contributed by atoms with E-state index in [1.54, 1.807) is 4.90 Å². The van der Waals surface area contributed by atoms with E-state index in [2.05, 4.69) is 41.2 Å². The summed E-state index contributed by atoms with van der Waals surface area (Å²) in [5, 5.41) is 11.4. The molecule has 33 heavy (non-hydrogen) atoms. The molecule has 8 heteroatoms. The molecule has 2 aliphatic rings. The molecule has 8 nitrogen and oxygen atoms in total. The smallest absolute Gasteiger partial charge is 0.228 e. The lowest BCUT2D eigenvalue weighted by atomic mass is 9.76. The molecule has 2 N–H and O–H groups in total. The fourth-order valence-corrected chi connectivity index (χ4v) is 4.78. The van der Waals surface area contributed by atoms with Crippen LogP contribution in [0.3, 0.4) is 0 Å². The third-order valence-electron chi connectivity index (χ3n) is 6.65. The Kier molecular flexibility index (Phi) is 5.38. The van der Waals surface area contributed by atoms with Crippen molar-refractivity contribution >= 4 is 17.5 Å². The van der Waals surface area contributed by atoms with Crippen LogP contribution >= 0.6 is 0 Å². The molecule has 0 bridgehead atoms. The maximum Gasteiger partial charge on any atom is 0.228 e. The van der Waals surface area contributed by atoms with Crippen LogP contribution in [0.5, 0.6) is 0 Å². The van der Waals surface area contributed by atoms with Gasteiger partial charge in [-0.1, -0.05) is 20.8 Å². The maximum atomic E-state index is 12.6. The van der Waals surface area contributed by atoms with Crippen molar-refractivity contribution in [2.75, 3.05) is 16.8 Å². The zero-order chi connectivity index (χ0) is 23.2. The zero-order valence-corrected chi connectivity index (χ0v) is 19.8. The number of H-pyrrole nitrogens is 1. The molecule has 4 heterocycles. The van der Waals surface area contributed by atoms with Crippen molar-refractivity contribution in [1.82, 2.24) is 25.1 Å². The number of carbonyl (C=O) groups excluding carboxylic acids is 1. The van der Waals surface area contributed by atoms with Crippen molar-refractivity contribution in [1.29, 1.82) is 0 Å². The number of rotatable bonds is 5. The van der Waals surface area contributed by atoms with Crippen LogP contribution in [0.15, 0.2) is 24.5 Å². The summed E-state index contributed by atoms with van der Waals surface area (Å²) in [5.74, 6) is 2.58. The van der Waals surface area contributed by atoms with E-state index >= 15 is 0 Å². The van der Waals surface area contributed by atoms with Crippen LogP contribution in [-0.2, 0) is 24.2 Å². The van der Waals surface area contributed by atoms with E-state index in [9.17, 15) is 4.79 Å². The highest BCUT2D eigenvalue weighted by atomic mass is 16.2. The Morgan fingerprint density at radius 1 is 1.24 bits per heavy atom. The van der Waals surface area contributed by atoms with Crippen LogP contribution in [0, 0.1) is 18.3 Å². The Balaban J connectivity index is 1.50. The molecule has 3 aromatic heterocycles. The summed E-state index contributed by atoms with van der Waals surface area (Å²) >= 11 is 0. The van der Waals surface area contributed by atoms with Gasteiger partial charge in [0.15, 0.2) is 0 Å². The monoisotopic (exact) mass is 445 g/mol. The largest absolute Gasteiger partial charge is 0.366 e. The maximum absolute atomic E-state index is 12.6. The number of hydrogen-bond donors (Lipinski definition) is 2. The molecular formula is C25H31N7O. The molecule has 1 aliphatic carbocycles. The highest BCUT2D eigenvalue weighted by Gasteiger charge is 2.31. The van der Waals surface area contributed by atoms with Crippen molar-refractivity contribution in [2.45, 2.75) is 59.9 Å². The first-order valence-corrected chi connectivity index (χ1v) is 11.7. The normalized spacial score (nSPS) is 19.6. The number of aromatic nitrogens is 5. The van der Waals surface area contributed by atoms with Gasteiger partial charge in [0, 0.05) is 54.3 Å². The van der Waals surface area contributed by atoms with E-state index in [1.807, 2.05) is 31.5 Å². The van der Waals surface area contributed by atoms with E-state index in [-0.39, 0.29) is 11.3 Å². The lowest BCUT2D eigenvalue weighted by molar-refractivity contribution is -0.117. The number of aromatic amines is 1. The summed E-state index contributed by atoms with van der Waals surface area (Å²) in [6.07, 6.45) is 7.31. The van der Waals surface area contributed by atoms with Crippen LogP contribution in [0.4, 0.5) is 11.6 Å². The Morgan fingerprint density at radius 2 is 2.03 bits per heavy atom. The van der Waals surface area contributed by atoms with Gasteiger partial charge in [0.2, 0.25) is 5.91 Å². The molecule has 1 unspecified atom stereocenters. The molecule has 3 aromatic rings. The summed E-state index contributed by atoms with van der Waals surface area (Å²) in [5.41, 5.74) is 5.70. The second-order valence-electron chi connectivity index (χ2n) is 10.3. The Labute approximate surface area is 194 Å². The quantitative estimate of drug-likeness (QED) is 0.614. The molecule has 1 saturated heterocycles. The lowest BCUT2D eigenvalue weighted by Crippen LogP contribution is -2.25. The third-order valence-corrected chi connectivity index (χ3v) is 6.65. The number of fused-ring (bicyclic) bond motifs is 1. The van der Waals surface area contributed by atoms with Crippen molar-refractivity contribution in [3.05, 3.63) is 47.2 Å². The number of nitrogens with zero attached hydrogens (tertiary/aromatic N) is 5. The summed E-state index contributed by atoms with van der Waals surface area (Å²) in [6.45, 7) is 9.81. The van der Waals surface area contributed by atoms with Gasteiger partial charge in [0.05, 0.1) is 5.69 Å². The summed E-state index contributed by atoms with van der Waals surface area (Å²) in [6, 6.07) is 4.03. The van der Waals surface area contributed by atoms with Crippen LogP contribution in [0.1, 0.15) is 56.3 Å². The van der Waals surface area contributed by atoms with Gasteiger partial charge in [-0.25, -0.2) is 15.0 Å². The fraction of sp³-hybridized carbons (Fsp3) is 0.480. The summed E-state index contributed by atoms with van der Waals surface area (Å²) in [4.78, 5) is 27.8. The lowest BCUT2D eigenvalue weighted by Gasteiger charge is -2.29. The highest BCUT2D eigenvalue weighted by molar-refractivity contribution is 5.95. The van der Waals surface area contributed by atoms with Crippen molar-refractivity contribution < 1.29 is 4.79 Å². The number of pyridine rings is 1. The first-order chi connectivity index (χ1) is 15.8. The minimum absolute atomic E-state index is 0.121. The van der Waals surface area contributed by atoms with E-state index in [4.69, 9.17) is 10.1 Å². The fourth-order valence-electron chi connectivity index (χ4n) is 4.78. The highest BCUT2D eigenvalue weighted by Crippen LogP contribution is 2.39. The number of aryl methyl sites for hydroxylation is 1. The first-order valence-electron chi connectivity index (χ1n) is 11.7. The predicted octanol–water partition coefficient (Wildman–Crippen LogP) is 4.07. The Bertz CT molecular complexity index is 1180. The molecule has 1 fully saturated rings. The topological polar surface area (TPSA) is 99.7 Å². The van der Waals surface area contributed by atoms with Gasteiger partial charge in [0.1, 0.15) is 17.5 Å². The van der Waals surface area contributed by atoms with Gasteiger partial charge >= 0.3 is 0 Å². The van der Waals surface area contributed by atoms with Gasteiger partial charge in [-0.2, -0.15) is 5.10 Å². The number of anilines is 2. The Hall–Kier alpha value is -3.29.